The molecule has 0 bridgehead atoms. The van der Waals surface area contributed by atoms with Gasteiger partial charge < -0.3 is 9.14 Å². The number of benzene rings is 1. The van der Waals surface area contributed by atoms with E-state index in [0.29, 0.717) is 27.2 Å². The molecule has 0 radical (unpaired) electrons. The van der Waals surface area contributed by atoms with Crippen molar-refractivity contribution in [2.75, 3.05) is 12.4 Å². The smallest absolute Gasteiger partial charge is 0.356 e. The molecule has 148 valence electrons. The lowest BCUT2D eigenvalue weighted by molar-refractivity contribution is 0.0514. The van der Waals surface area contributed by atoms with E-state index in [2.05, 4.69) is 22.0 Å². The van der Waals surface area contributed by atoms with Gasteiger partial charge in [0.25, 0.3) is 0 Å². The maximum Gasteiger partial charge on any atom is 0.356 e. The van der Waals surface area contributed by atoms with E-state index in [4.69, 9.17) is 4.74 Å². The number of Topliss-reactive ketones (excluding diaryl/α,β-unsaturated/α-hetero) is 1. The number of carbonyl (C=O) groups excluding carboxylic acids is 2. The standard InChI is InChI=1S/C22H19BrN2O3S/c1-4-28-22(27)20-21(29-12-18(26)15-5-7-16(23)8-6-15)17(10-24)19-14(3)9-13(2)11-25(19)20/h5-9,11H,4,12H2,1-3H3. The summed E-state index contributed by atoms with van der Waals surface area (Å²) in [4.78, 5) is 25.8. The van der Waals surface area contributed by atoms with Crippen molar-refractivity contribution >= 4 is 45.0 Å². The second-order valence-electron chi connectivity index (χ2n) is 6.52. The number of carbonyl (C=O) groups is 2. The van der Waals surface area contributed by atoms with Gasteiger partial charge in [0.2, 0.25) is 0 Å². The summed E-state index contributed by atoms with van der Waals surface area (Å²) in [5.74, 6) is -0.477. The molecule has 0 N–H and O–H groups in total. The summed E-state index contributed by atoms with van der Waals surface area (Å²) in [5.41, 5.74) is 3.77. The van der Waals surface area contributed by atoms with Gasteiger partial charge >= 0.3 is 5.97 Å². The van der Waals surface area contributed by atoms with Crippen LogP contribution in [0.4, 0.5) is 0 Å². The summed E-state index contributed by atoms with van der Waals surface area (Å²) >= 11 is 4.55. The summed E-state index contributed by atoms with van der Waals surface area (Å²) in [6.45, 7) is 5.79. The number of hydrogen-bond donors (Lipinski definition) is 0. The van der Waals surface area contributed by atoms with Gasteiger partial charge in [0.15, 0.2) is 5.78 Å². The third-order valence-electron chi connectivity index (χ3n) is 4.41. The van der Waals surface area contributed by atoms with E-state index in [0.717, 1.165) is 15.6 Å². The van der Waals surface area contributed by atoms with Crippen LogP contribution in [-0.2, 0) is 4.74 Å². The lowest BCUT2D eigenvalue weighted by Gasteiger charge is -2.07. The molecule has 0 aliphatic heterocycles. The Hall–Kier alpha value is -2.56. The lowest BCUT2D eigenvalue weighted by atomic mass is 10.1. The van der Waals surface area contributed by atoms with E-state index < -0.39 is 5.97 Å². The minimum Gasteiger partial charge on any atom is -0.461 e. The zero-order valence-corrected chi connectivity index (χ0v) is 18.7. The number of aryl methyl sites for hydroxylation is 2. The van der Waals surface area contributed by atoms with Crippen LogP contribution in [-0.4, -0.2) is 28.5 Å². The molecule has 5 nitrogen and oxygen atoms in total. The number of nitriles is 1. The average molecular weight is 471 g/mol. The van der Waals surface area contributed by atoms with Crippen molar-refractivity contribution in [3.8, 4) is 6.07 Å². The molecule has 7 heteroatoms. The molecule has 1 aromatic carbocycles. The Bertz CT molecular complexity index is 1140. The summed E-state index contributed by atoms with van der Waals surface area (Å²) in [6, 6.07) is 11.3. The largest absolute Gasteiger partial charge is 0.461 e. The van der Waals surface area contributed by atoms with E-state index in [-0.39, 0.29) is 18.1 Å². The molecule has 29 heavy (non-hydrogen) atoms. The van der Waals surface area contributed by atoms with Crippen molar-refractivity contribution in [2.45, 2.75) is 25.7 Å². The molecule has 0 atom stereocenters. The number of rotatable bonds is 6. The normalized spacial score (nSPS) is 10.7. The number of ketones is 1. The Balaban J connectivity index is 2.08. The third-order valence-corrected chi connectivity index (χ3v) is 6.03. The highest BCUT2D eigenvalue weighted by Crippen LogP contribution is 2.35. The number of thioether (sulfide) groups is 1. The number of aromatic nitrogens is 1. The molecule has 0 aliphatic rings. The first-order valence-electron chi connectivity index (χ1n) is 9.01. The fourth-order valence-corrected chi connectivity index (χ4v) is 4.54. The summed E-state index contributed by atoms with van der Waals surface area (Å²) < 4.78 is 7.85. The lowest BCUT2D eigenvalue weighted by Crippen LogP contribution is -2.10. The van der Waals surface area contributed by atoms with E-state index in [1.54, 1.807) is 35.6 Å². The molecule has 3 aromatic rings. The molecule has 2 aromatic heterocycles. The van der Waals surface area contributed by atoms with Gasteiger partial charge in [-0.25, -0.2) is 4.79 Å². The Morgan fingerprint density at radius 2 is 1.93 bits per heavy atom. The molecule has 2 heterocycles. The van der Waals surface area contributed by atoms with Crippen molar-refractivity contribution in [3.63, 3.8) is 0 Å². The fourth-order valence-electron chi connectivity index (χ4n) is 3.23. The van der Waals surface area contributed by atoms with E-state index >= 15 is 0 Å². The summed E-state index contributed by atoms with van der Waals surface area (Å²) in [6.07, 6.45) is 1.82. The Kier molecular flexibility index (Phi) is 6.46. The number of fused-ring (bicyclic) bond motifs is 1. The van der Waals surface area contributed by atoms with Crippen LogP contribution in [0, 0.1) is 25.2 Å². The Morgan fingerprint density at radius 1 is 1.24 bits per heavy atom. The molecule has 3 rings (SSSR count). The van der Waals surface area contributed by atoms with Gasteiger partial charge in [-0.05, 0) is 44.0 Å². The van der Waals surface area contributed by atoms with Crippen molar-refractivity contribution in [2.24, 2.45) is 0 Å². The SMILES string of the molecule is CCOC(=O)c1c(SCC(=O)c2ccc(Br)cc2)c(C#N)c2c(C)cc(C)cn12. The highest BCUT2D eigenvalue weighted by Gasteiger charge is 2.26. The van der Waals surface area contributed by atoms with Crippen LogP contribution < -0.4 is 0 Å². The fraction of sp³-hybridized carbons (Fsp3) is 0.227. The molecule has 0 amide bonds. The minimum atomic E-state index is -0.507. The van der Waals surface area contributed by atoms with E-state index in [1.165, 1.54) is 11.8 Å². The van der Waals surface area contributed by atoms with Gasteiger partial charge in [-0.3, -0.25) is 4.79 Å². The zero-order valence-electron chi connectivity index (χ0n) is 16.3. The van der Waals surface area contributed by atoms with Crippen LogP contribution >= 0.6 is 27.7 Å². The monoisotopic (exact) mass is 470 g/mol. The predicted molar refractivity (Wildman–Crippen MR) is 117 cm³/mol. The van der Waals surface area contributed by atoms with Gasteiger partial charge in [0, 0.05) is 16.2 Å². The van der Waals surface area contributed by atoms with Crippen LogP contribution in [0.2, 0.25) is 0 Å². The third kappa shape index (κ3) is 4.24. The number of nitrogens with zero attached hydrogens (tertiary/aromatic N) is 2. The summed E-state index contributed by atoms with van der Waals surface area (Å²) in [5, 5.41) is 9.83. The minimum absolute atomic E-state index is 0.0793. The number of pyridine rings is 1. The van der Waals surface area contributed by atoms with Crippen LogP contribution in [0.3, 0.4) is 0 Å². The first kappa shape index (κ1) is 21.2. The number of halogens is 1. The Labute approximate surface area is 181 Å². The van der Waals surface area contributed by atoms with Gasteiger partial charge in [-0.2, -0.15) is 5.26 Å². The van der Waals surface area contributed by atoms with Crippen molar-refractivity contribution in [1.29, 1.82) is 5.26 Å². The molecular weight excluding hydrogens is 452 g/mol. The highest BCUT2D eigenvalue weighted by molar-refractivity contribution is 9.10. The van der Waals surface area contributed by atoms with Crippen molar-refractivity contribution in [3.05, 3.63) is 68.9 Å². The molecular formula is C22H19BrN2O3S. The van der Waals surface area contributed by atoms with Crippen LogP contribution in [0.1, 0.15) is 44.5 Å². The first-order chi connectivity index (χ1) is 13.9. The van der Waals surface area contributed by atoms with Crippen molar-refractivity contribution in [1.82, 2.24) is 4.40 Å². The molecule has 0 saturated heterocycles. The Morgan fingerprint density at radius 3 is 2.55 bits per heavy atom. The second kappa shape index (κ2) is 8.85. The molecule has 0 unspecified atom stereocenters. The van der Waals surface area contributed by atoms with Gasteiger partial charge in [0.05, 0.1) is 28.3 Å². The molecule has 0 aliphatic carbocycles. The van der Waals surface area contributed by atoms with Crippen molar-refractivity contribution < 1.29 is 14.3 Å². The van der Waals surface area contributed by atoms with E-state index in [1.807, 2.05) is 26.1 Å². The van der Waals surface area contributed by atoms with Gasteiger partial charge in [-0.15, -0.1) is 11.8 Å². The average Bonchev–Trinajstić information content (AvgIpc) is 3.00. The summed E-state index contributed by atoms with van der Waals surface area (Å²) in [7, 11) is 0. The topological polar surface area (TPSA) is 71.6 Å². The molecule has 0 spiro atoms. The van der Waals surface area contributed by atoms with Crippen LogP contribution in [0.25, 0.3) is 5.52 Å². The maximum atomic E-state index is 12.7. The predicted octanol–water partition coefficient (Wildman–Crippen LogP) is 5.34. The number of hydrogen-bond acceptors (Lipinski definition) is 5. The highest BCUT2D eigenvalue weighted by atomic mass is 79.9. The number of ether oxygens (including phenoxy) is 1. The quantitative estimate of drug-likeness (QED) is 0.276. The first-order valence-corrected chi connectivity index (χ1v) is 10.8. The molecule has 0 fully saturated rings. The molecule has 0 saturated carbocycles. The maximum absolute atomic E-state index is 12.7. The second-order valence-corrected chi connectivity index (χ2v) is 8.42. The van der Waals surface area contributed by atoms with Crippen LogP contribution in [0.15, 0.2) is 45.9 Å². The van der Waals surface area contributed by atoms with Gasteiger partial charge in [0.1, 0.15) is 11.8 Å². The van der Waals surface area contributed by atoms with E-state index in [9.17, 15) is 14.9 Å². The van der Waals surface area contributed by atoms with Crippen LogP contribution in [0.5, 0.6) is 0 Å². The van der Waals surface area contributed by atoms with Gasteiger partial charge in [-0.1, -0.05) is 34.1 Å². The number of esters is 1. The zero-order chi connectivity index (χ0) is 21.1.